The topological polar surface area (TPSA) is 82.8 Å². The lowest BCUT2D eigenvalue weighted by atomic mass is 10.1. The molecule has 0 unspecified atom stereocenters. The smallest absolute Gasteiger partial charge is 0.338 e. The molecule has 146 valence electrons. The fraction of sp³-hybridized carbons (Fsp3) is 0.273. The molecule has 3 rings (SSSR count). The second kappa shape index (κ2) is 9.19. The molecule has 6 nitrogen and oxygen atoms in total. The molecule has 1 amide bonds. The molecule has 0 spiro atoms. The number of anilines is 2. The van der Waals surface area contributed by atoms with Crippen molar-refractivity contribution in [2.24, 2.45) is 0 Å². The summed E-state index contributed by atoms with van der Waals surface area (Å²) in [5.41, 5.74) is 4.87. The highest BCUT2D eigenvalue weighted by Crippen LogP contribution is 2.29. The second-order valence-corrected chi connectivity index (χ2v) is 6.77. The van der Waals surface area contributed by atoms with E-state index in [-0.39, 0.29) is 11.5 Å². The lowest BCUT2D eigenvalue weighted by Gasteiger charge is -2.21. The highest BCUT2D eigenvalue weighted by Gasteiger charge is 2.11. The lowest BCUT2D eigenvalue weighted by Crippen LogP contribution is -2.17. The van der Waals surface area contributed by atoms with Crippen LogP contribution in [0.3, 0.4) is 0 Å². The van der Waals surface area contributed by atoms with Crippen molar-refractivity contribution < 1.29 is 14.4 Å². The molecule has 3 aromatic rings. The number of nitrogens with zero attached hydrogens (tertiary/aromatic N) is 1. The molecular weight excluding hydrogens is 356 g/mol. The molecule has 0 bridgehead atoms. The molecule has 0 fully saturated rings. The summed E-state index contributed by atoms with van der Waals surface area (Å²) in [4.78, 5) is 24.9. The fourth-order valence-electron chi connectivity index (χ4n) is 3.24. The molecule has 0 atom stereocenters. The monoisotopic (exact) mass is 380 g/mol. The van der Waals surface area contributed by atoms with Gasteiger partial charge in [-0.2, -0.15) is 0 Å². The average Bonchev–Trinajstić information content (AvgIpc) is 2.72. The van der Waals surface area contributed by atoms with Crippen molar-refractivity contribution in [3.05, 3.63) is 70.6 Å². The second-order valence-electron chi connectivity index (χ2n) is 6.77. The Morgan fingerprint density at radius 2 is 1.82 bits per heavy atom. The largest absolute Gasteiger partial charge is 0.423 e. The number of para-hydroxylation sites is 1. The molecule has 6 heteroatoms. The molecule has 28 heavy (non-hydrogen) atoms. The molecule has 0 saturated carbocycles. The van der Waals surface area contributed by atoms with Crippen LogP contribution in [0.2, 0.25) is 0 Å². The zero-order chi connectivity index (χ0) is 19.9. The van der Waals surface area contributed by atoms with Gasteiger partial charge in [0.05, 0.1) is 5.69 Å². The van der Waals surface area contributed by atoms with Crippen LogP contribution in [0.15, 0.2) is 63.8 Å². The van der Waals surface area contributed by atoms with Crippen molar-refractivity contribution in [2.45, 2.75) is 32.1 Å². The van der Waals surface area contributed by atoms with Gasteiger partial charge in [0, 0.05) is 30.6 Å². The van der Waals surface area contributed by atoms with Crippen LogP contribution < -0.4 is 16.0 Å². The zero-order valence-corrected chi connectivity index (χ0v) is 15.9. The number of fused-ring (bicyclic) bond motifs is 1. The van der Waals surface area contributed by atoms with Crippen LogP contribution in [0.1, 0.15) is 31.2 Å². The Kier molecular flexibility index (Phi) is 6.45. The standard InChI is InChI=1S/C22H24N2O4/c1-24(19-15-22(26)28-20-9-6-5-8-18(19)20)17-13-11-16(12-14-17)7-3-2-4-10-21(25)23-27/h5-6,8-9,11-15,27H,2-4,7,10H2,1H3,(H,23,25). The van der Waals surface area contributed by atoms with Crippen molar-refractivity contribution in [3.8, 4) is 0 Å². The summed E-state index contributed by atoms with van der Waals surface area (Å²) in [7, 11) is 1.93. The van der Waals surface area contributed by atoms with Crippen LogP contribution in [0.5, 0.6) is 0 Å². The molecule has 1 heterocycles. The molecule has 2 N–H and O–H groups in total. The maximum atomic E-state index is 11.9. The highest BCUT2D eigenvalue weighted by atomic mass is 16.5. The van der Waals surface area contributed by atoms with Gasteiger partial charge >= 0.3 is 5.63 Å². The van der Waals surface area contributed by atoms with E-state index in [0.29, 0.717) is 12.0 Å². The van der Waals surface area contributed by atoms with E-state index in [9.17, 15) is 9.59 Å². The summed E-state index contributed by atoms with van der Waals surface area (Å²) in [6, 6.07) is 17.3. The van der Waals surface area contributed by atoms with Gasteiger partial charge in [-0.1, -0.05) is 30.7 Å². The van der Waals surface area contributed by atoms with E-state index >= 15 is 0 Å². The Morgan fingerprint density at radius 3 is 2.57 bits per heavy atom. The van der Waals surface area contributed by atoms with Gasteiger partial charge in [0.1, 0.15) is 5.58 Å². The molecule has 0 aliphatic carbocycles. The van der Waals surface area contributed by atoms with Gasteiger partial charge in [0.15, 0.2) is 0 Å². The summed E-state index contributed by atoms with van der Waals surface area (Å²) < 4.78 is 5.27. The van der Waals surface area contributed by atoms with Gasteiger partial charge < -0.3 is 9.32 Å². The van der Waals surface area contributed by atoms with Crippen LogP contribution in [0, 0.1) is 0 Å². The molecule has 2 aromatic carbocycles. The normalized spacial score (nSPS) is 10.8. The number of benzene rings is 2. The Morgan fingerprint density at radius 1 is 1.07 bits per heavy atom. The first-order chi connectivity index (χ1) is 13.6. The van der Waals surface area contributed by atoms with Crippen molar-refractivity contribution in [1.29, 1.82) is 0 Å². The Balaban J connectivity index is 1.65. The minimum atomic E-state index is -0.368. The van der Waals surface area contributed by atoms with Gasteiger partial charge in [-0.05, 0) is 49.1 Å². The van der Waals surface area contributed by atoms with E-state index in [1.165, 1.54) is 11.6 Å². The molecule has 1 aromatic heterocycles. The van der Waals surface area contributed by atoms with Crippen molar-refractivity contribution in [3.63, 3.8) is 0 Å². The third kappa shape index (κ3) is 4.78. The highest BCUT2D eigenvalue weighted by molar-refractivity contribution is 5.92. The summed E-state index contributed by atoms with van der Waals surface area (Å²) in [5, 5.41) is 9.36. The Labute approximate surface area is 163 Å². The van der Waals surface area contributed by atoms with E-state index in [1.807, 2.05) is 42.3 Å². The first-order valence-electron chi connectivity index (χ1n) is 9.37. The molecule has 0 saturated heterocycles. The molecular formula is C22H24N2O4. The van der Waals surface area contributed by atoms with Gasteiger partial charge in [0.25, 0.3) is 0 Å². The number of hydroxylamine groups is 1. The lowest BCUT2D eigenvalue weighted by molar-refractivity contribution is -0.129. The van der Waals surface area contributed by atoms with Crippen molar-refractivity contribution in [1.82, 2.24) is 5.48 Å². The Hall–Kier alpha value is -3.12. The van der Waals surface area contributed by atoms with E-state index in [1.54, 1.807) is 11.5 Å². The van der Waals surface area contributed by atoms with Crippen LogP contribution in [-0.4, -0.2) is 18.2 Å². The van der Waals surface area contributed by atoms with Gasteiger partial charge in [-0.3, -0.25) is 10.0 Å². The number of amides is 1. The predicted molar refractivity (Wildman–Crippen MR) is 109 cm³/mol. The van der Waals surface area contributed by atoms with E-state index in [2.05, 4.69) is 12.1 Å². The SMILES string of the molecule is CN(c1ccc(CCCCCC(=O)NO)cc1)c1cc(=O)oc2ccccc12. The zero-order valence-electron chi connectivity index (χ0n) is 15.9. The number of carbonyl (C=O) groups is 1. The maximum Gasteiger partial charge on any atom is 0.338 e. The van der Waals surface area contributed by atoms with Crippen LogP contribution in [-0.2, 0) is 11.2 Å². The van der Waals surface area contributed by atoms with Gasteiger partial charge in [-0.25, -0.2) is 10.3 Å². The number of hydrogen-bond acceptors (Lipinski definition) is 5. The first kappa shape index (κ1) is 19.6. The minimum Gasteiger partial charge on any atom is -0.423 e. The van der Waals surface area contributed by atoms with Crippen molar-refractivity contribution in [2.75, 3.05) is 11.9 Å². The summed E-state index contributed by atoms with van der Waals surface area (Å²) in [6.45, 7) is 0. The molecule has 0 aliphatic heterocycles. The van der Waals surface area contributed by atoms with E-state index in [4.69, 9.17) is 9.62 Å². The van der Waals surface area contributed by atoms with E-state index < -0.39 is 0 Å². The average molecular weight is 380 g/mol. The van der Waals surface area contributed by atoms with Crippen LogP contribution in [0.25, 0.3) is 11.0 Å². The van der Waals surface area contributed by atoms with Gasteiger partial charge in [-0.15, -0.1) is 0 Å². The van der Waals surface area contributed by atoms with Gasteiger partial charge in [0.2, 0.25) is 5.91 Å². The van der Waals surface area contributed by atoms with Crippen LogP contribution >= 0.6 is 0 Å². The number of aryl methyl sites for hydroxylation is 1. The summed E-state index contributed by atoms with van der Waals surface area (Å²) in [5.74, 6) is -0.338. The number of unbranched alkanes of at least 4 members (excludes halogenated alkanes) is 2. The number of rotatable bonds is 8. The minimum absolute atomic E-state index is 0.338. The quantitative estimate of drug-likeness (QED) is 0.265. The third-order valence-electron chi connectivity index (χ3n) is 4.81. The van der Waals surface area contributed by atoms with Crippen molar-refractivity contribution >= 4 is 28.3 Å². The number of hydrogen-bond donors (Lipinski definition) is 2. The van der Waals surface area contributed by atoms with Crippen LogP contribution in [0.4, 0.5) is 11.4 Å². The number of carbonyl (C=O) groups excluding carboxylic acids is 1. The first-order valence-corrected chi connectivity index (χ1v) is 9.37. The molecule has 0 aliphatic rings. The Bertz CT molecular complexity index is 995. The maximum absolute atomic E-state index is 11.9. The fourth-order valence-corrected chi connectivity index (χ4v) is 3.24. The summed E-state index contributed by atoms with van der Waals surface area (Å²) >= 11 is 0. The van der Waals surface area contributed by atoms with E-state index in [0.717, 1.165) is 42.4 Å². The summed E-state index contributed by atoms with van der Waals surface area (Å²) in [6.07, 6.45) is 3.96. The predicted octanol–water partition coefficient (Wildman–Crippen LogP) is 4.17. The third-order valence-corrected chi connectivity index (χ3v) is 4.81. The number of nitrogens with one attached hydrogen (secondary N) is 1. The molecule has 0 radical (unpaired) electrons.